The topological polar surface area (TPSA) is 81.8 Å². The van der Waals surface area contributed by atoms with E-state index in [0.717, 1.165) is 6.07 Å². The molecule has 128 valence electrons. The van der Waals surface area contributed by atoms with Gasteiger partial charge in [0.2, 0.25) is 0 Å². The van der Waals surface area contributed by atoms with E-state index in [4.69, 9.17) is 15.2 Å². The van der Waals surface area contributed by atoms with Crippen LogP contribution in [0.1, 0.15) is 5.56 Å². The van der Waals surface area contributed by atoms with Crippen molar-refractivity contribution >= 4 is 17.5 Å². The Kier molecular flexibility index (Phi) is 5.89. The number of amidine groups is 1. The standard InChI is InChI=1S/C16H18F2N4O2/c1-20-16(19)24-7-5-10-8-11(9-12(17)14(10)18)22-15-13(23-2)4-3-6-21-15/h3-4,6,8-9H,5,7H2,1-2H3,(H2,19,20)(H,21,22). The first-order valence-corrected chi connectivity index (χ1v) is 7.14. The molecule has 8 heteroatoms. The van der Waals surface area contributed by atoms with E-state index >= 15 is 0 Å². The number of aromatic nitrogens is 1. The molecular weight excluding hydrogens is 318 g/mol. The predicted molar refractivity (Wildman–Crippen MR) is 87.6 cm³/mol. The second-order valence-electron chi connectivity index (χ2n) is 4.77. The molecule has 6 nitrogen and oxygen atoms in total. The lowest BCUT2D eigenvalue weighted by Crippen LogP contribution is -2.17. The fraction of sp³-hybridized carbons (Fsp3) is 0.250. The molecular formula is C16H18F2N4O2. The van der Waals surface area contributed by atoms with E-state index in [2.05, 4.69) is 15.3 Å². The molecule has 0 amide bonds. The molecule has 0 radical (unpaired) electrons. The summed E-state index contributed by atoms with van der Waals surface area (Å²) < 4.78 is 38.0. The van der Waals surface area contributed by atoms with Gasteiger partial charge < -0.3 is 20.5 Å². The number of nitrogens with two attached hydrogens (primary N) is 1. The average molecular weight is 336 g/mol. The Labute approximate surface area is 138 Å². The predicted octanol–water partition coefficient (Wildman–Crippen LogP) is 2.62. The summed E-state index contributed by atoms with van der Waals surface area (Å²) in [6.07, 6.45) is 1.69. The number of methoxy groups -OCH3 is 1. The van der Waals surface area contributed by atoms with Gasteiger partial charge in [-0.2, -0.15) is 0 Å². The molecule has 0 fully saturated rings. The zero-order valence-corrected chi connectivity index (χ0v) is 13.3. The number of hydrogen-bond donors (Lipinski definition) is 2. The summed E-state index contributed by atoms with van der Waals surface area (Å²) in [6, 6.07) is 5.93. The summed E-state index contributed by atoms with van der Waals surface area (Å²) in [7, 11) is 2.97. The van der Waals surface area contributed by atoms with Crippen LogP contribution in [0, 0.1) is 11.6 Å². The second kappa shape index (κ2) is 8.09. The van der Waals surface area contributed by atoms with E-state index < -0.39 is 11.6 Å². The van der Waals surface area contributed by atoms with Crippen molar-refractivity contribution in [2.75, 3.05) is 26.1 Å². The molecule has 0 aliphatic carbocycles. The number of hydrogen-bond acceptors (Lipinski definition) is 5. The molecule has 2 rings (SSSR count). The Morgan fingerprint density at radius 1 is 1.38 bits per heavy atom. The summed E-state index contributed by atoms with van der Waals surface area (Å²) in [5.41, 5.74) is 5.89. The maximum atomic E-state index is 13.9. The van der Waals surface area contributed by atoms with Crippen molar-refractivity contribution < 1.29 is 18.3 Å². The Balaban J connectivity index is 2.19. The van der Waals surface area contributed by atoms with Crippen molar-refractivity contribution in [3.63, 3.8) is 0 Å². The van der Waals surface area contributed by atoms with Crippen LogP contribution in [0.4, 0.5) is 20.3 Å². The van der Waals surface area contributed by atoms with Crippen LogP contribution < -0.4 is 15.8 Å². The molecule has 0 spiro atoms. The maximum Gasteiger partial charge on any atom is 0.281 e. The lowest BCUT2D eigenvalue weighted by Gasteiger charge is -2.12. The second-order valence-corrected chi connectivity index (χ2v) is 4.77. The molecule has 0 bridgehead atoms. The van der Waals surface area contributed by atoms with Gasteiger partial charge in [-0.1, -0.05) is 0 Å². The SMILES string of the molecule is CN=C(N)OCCc1cc(Nc2ncccc2OC)cc(F)c1F. The van der Waals surface area contributed by atoms with Crippen LogP contribution in [-0.2, 0) is 11.2 Å². The Morgan fingerprint density at radius 2 is 2.17 bits per heavy atom. The van der Waals surface area contributed by atoms with Crippen molar-refractivity contribution in [2.45, 2.75) is 6.42 Å². The van der Waals surface area contributed by atoms with E-state index in [1.807, 2.05) is 0 Å². The number of ether oxygens (including phenoxy) is 2. The van der Waals surface area contributed by atoms with Gasteiger partial charge in [-0.25, -0.2) is 18.8 Å². The van der Waals surface area contributed by atoms with Crippen molar-refractivity contribution in [2.24, 2.45) is 10.7 Å². The van der Waals surface area contributed by atoms with Gasteiger partial charge in [0.25, 0.3) is 6.02 Å². The van der Waals surface area contributed by atoms with Gasteiger partial charge in [-0.3, -0.25) is 0 Å². The maximum absolute atomic E-state index is 13.9. The van der Waals surface area contributed by atoms with Gasteiger partial charge in [-0.15, -0.1) is 0 Å². The highest BCUT2D eigenvalue weighted by atomic mass is 19.2. The van der Waals surface area contributed by atoms with Gasteiger partial charge in [0, 0.05) is 31.4 Å². The highest BCUT2D eigenvalue weighted by Crippen LogP contribution is 2.27. The number of anilines is 2. The number of nitrogens with zero attached hydrogens (tertiary/aromatic N) is 2. The zero-order chi connectivity index (χ0) is 17.5. The monoisotopic (exact) mass is 336 g/mol. The highest BCUT2D eigenvalue weighted by molar-refractivity contribution is 5.71. The molecule has 3 N–H and O–H groups in total. The van der Waals surface area contributed by atoms with E-state index in [1.54, 1.807) is 18.3 Å². The van der Waals surface area contributed by atoms with Crippen LogP contribution in [0.15, 0.2) is 35.5 Å². The lowest BCUT2D eigenvalue weighted by atomic mass is 10.1. The number of nitrogens with one attached hydrogen (secondary N) is 1. The average Bonchev–Trinajstić information content (AvgIpc) is 2.59. The summed E-state index contributed by atoms with van der Waals surface area (Å²) in [6.45, 7) is 0.0793. The van der Waals surface area contributed by atoms with Gasteiger partial charge in [-0.05, 0) is 23.8 Å². The summed E-state index contributed by atoms with van der Waals surface area (Å²) in [5, 5.41) is 2.91. The minimum atomic E-state index is -0.970. The van der Waals surface area contributed by atoms with Crippen LogP contribution in [0.5, 0.6) is 5.75 Å². The van der Waals surface area contributed by atoms with Crippen molar-refractivity contribution in [3.8, 4) is 5.75 Å². The minimum Gasteiger partial charge on any atom is -0.493 e. The van der Waals surface area contributed by atoms with Crippen molar-refractivity contribution in [1.82, 2.24) is 4.98 Å². The van der Waals surface area contributed by atoms with Crippen LogP contribution in [-0.4, -0.2) is 31.8 Å². The number of halogens is 2. The smallest absolute Gasteiger partial charge is 0.281 e. The first-order chi connectivity index (χ1) is 11.5. The molecule has 0 atom stereocenters. The van der Waals surface area contributed by atoms with Gasteiger partial charge >= 0.3 is 0 Å². The van der Waals surface area contributed by atoms with E-state index in [0.29, 0.717) is 17.3 Å². The molecule has 1 heterocycles. The number of rotatable bonds is 6. The van der Waals surface area contributed by atoms with Gasteiger partial charge in [0.05, 0.1) is 13.7 Å². The minimum absolute atomic E-state index is 0.0108. The third-order valence-electron chi connectivity index (χ3n) is 3.20. The molecule has 0 unspecified atom stereocenters. The fourth-order valence-corrected chi connectivity index (χ4v) is 2.02. The molecule has 0 aliphatic heterocycles. The Morgan fingerprint density at radius 3 is 2.88 bits per heavy atom. The molecule has 0 saturated carbocycles. The quantitative estimate of drug-likeness (QED) is 0.626. The van der Waals surface area contributed by atoms with Crippen LogP contribution >= 0.6 is 0 Å². The third kappa shape index (κ3) is 4.31. The fourth-order valence-electron chi connectivity index (χ4n) is 2.02. The van der Waals surface area contributed by atoms with Crippen molar-refractivity contribution in [1.29, 1.82) is 0 Å². The molecule has 1 aromatic carbocycles. The molecule has 1 aromatic heterocycles. The van der Waals surface area contributed by atoms with E-state index in [1.165, 1.54) is 20.2 Å². The lowest BCUT2D eigenvalue weighted by molar-refractivity contribution is 0.301. The molecule has 0 saturated heterocycles. The van der Waals surface area contributed by atoms with Gasteiger partial charge in [0.1, 0.15) is 0 Å². The van der Waals surface area contributed by atoms with E-state index in [-0.39, 0.29) is 24.6 Å². The molecule has 2 aromatic rings. The Hall–Kier alpha value is -2.90. The van der Waals surface area contributed by atoms with Crippen LogP contribution in [0.25, 0.3) is 0 Å². The van der Waals surface area contributed by atoms with Crippen LogP contribution in [0.2, 0.25) is 0 Å². The van der Waals surface area contributed by atoms with Crippen LogP contribution in [0.3, 0.4) is 0 Å². The van der Waals surface area contributed by atoms with Crippen molar-refractivity contribution in [3.05, 3.63) is 47.7 Å². The van der Waals surface area contributed by atoms with Gasteiger partial charge in [0.15, 0.2) is 23.2 Å². The number of aliphatic imine (C=N–C) groups is 1. The first kappa shape index (κ1) is 17.5. The van der Waals surface area contributed by atoms with E-state index in [9.17, 15) is 8.78 Å². The third-order valence-corrected chi connectivity index (χ3v) is 3.20. The first-order valence-electron chi connectivity index (χ1n) is 7.14. The summed E-state index contributed by atoms with van der Waals surface area (Å²) in [4.78, 5) is 7.74. The summed E-state index contributed by atoms with van der Waals surface area (Å²) >= 11 is 0. The normalized spacial score (nSPS) is 11.2. The highest BCUT2D eigenvalue weighted by Gasteiger charge is 2.13. The molecule has 0 aliphatic rings. The zero-order valence-electron chi connectivity index (χ0n) is 13.3. The summed E-state index contributed by atoms with van der Waals surface area (Å²) in [5.74, 6) is -1.01. The molecule has 24 heavy (non-hydrogen) atoms. The number of pyridine rings is 1. The Bertz CT molecular complexity index is 738. The largest absolute Gasteiger partial charge is 0.493 e. The number of benzene rings is 1.